The quantitative estimate of drug-likeness (QED) is 0.321. The maximum Gasteiger partial charge on any atom is 0.204 e. The summed E-state index contributed by atoms with van der Waals surface area (Å²) in [5.41, 5.74) is 0.876. The first kappa shape index (κ1) is 23.1. The molecular weight excluding hydrogens is 504 g/mol. The number of ether oxygens (including phenoxy) is 1. The van der Waals surface area contributed by atoms with Crippen molar-refractivity contribution in [2.24, 2.45) is 0 Å². The van der Waals surface area contributed by atoms with Crippen LogP contribution in [0.25, 0.3) is 6.08 Å². The van der Waals surface area contributed by atoms with Crippen LogP contribution in [0.5, 0.6) is 11.5 Å². The highest BCUT2D eigenvalue weighted by Crippen LogP contribution is 2.29. The number of rotatable bonds is 7. The summed E-state index contributed by atoms with van der Waals surface area (Å²) in [6.07, 6.45) is 1.18. The Morgan fingerprint density at radius 3 is 2.29 bits per heavy atom. The highest BCUT2D eigenvalue weighted by Gasteiger charge is 2.27. The molecule has 3 aromatic carbocycles. The molecule has 1 N–H and O–H groups in total. The second-order valence-corrected chi connectivity index (χ2v) is 9.97. The third-order valence-electron chi connectivity index (χ3n) is 4.46. The number of carbonyl (C=O) groups is 1. The number of carbonyl (C=O) groups excluding carboxylic acids is 1. The van der Waals surface area contributed by atoms with Crippen LogP contribution < -0.4 is 4.74 Å². The summed E-state index contributed by atoms with van der Waals surface area (Å²) >= 11 is 9.18. The molecule has 0 radical (unpaired) electrons. The summed E-state index contributed by atoms with van der Waals surface area (Å²) in [5.74, 6) is -0.867. The summed E-state index contributed by atoms with van der Waals surface area (Å²) in [6, 6.07) is 17.1. The van der Waals surface area contributed by atoms with Gasteiger partial charge in [-0.2, -0.15) is 0 Å². The molecule has 0 spiro atoms. The molecule has 0 amide bonds. The van der Waals surface area contributed by atoms with Gasteiger partial charge in [0.15, 0.2) is 9.84 Å². The van der Waals surface area contributed by atoms with Crippen LogP contribution in [-0.2, 0) is 15.6 Å². The Morgan fingerprint density at radius 2 is 1.71 bits per heavy atom. The van der Waals surface area contributed by atoms with Gasteiger partial charge in [0, 0.05) is 26.7 Å². The first-order chi connectivity index (χ1) is 14.7. The van der Waals surface area contributed by atoms with Crippen molar-refractivity contribution in [3.63, 3.8) is 0 Å². The zero-order chi connectivity index (χ0) is 22.6. The van der Waals surface area contributed by atoms with Crippen LogP contribution in [-0.4, -0.2) is 26.4 Å². The number of hydrogen-bond acceptors (Lipinski definition) is 5. The smallest absolute Gasteiger partial charge is 0.204 e. The van der Waals surface area contributed by atoms with Crippen LogP contribution >= 0.6 is 27.5 Å². The van der Waals surface area contributed by atoms with E-state index in [-0.39, 0.29) is 16.9 Å². The molecular formula is C23H18BrClO5S. The van der Waals surface area contributed by atoms with Gasteiger partial charge in [-0.3, -0.25) is 4.79 Å². The van der Waals surface area contributed by atoms with Crippen LogP contribution in [0, 0.1) is 0 Å². The van der Waals surface area contributed by atoms with E-state index in [4.69, 9.17) is 16.3 Å². The monoisotopic (exact) mass is 520 g/mol. The summed E-state index contributed by atoms with van der Waals surface area (Å²) < 4.78 is 32.3. The number of benzene rings is 3. The minimum atomic E-state index is -4.06. The SMILES string of the molecule is COc1ccc(/C=C(\C(=O)c2ccc(Br)cc2)S(=O)(=O)Cc2ccc(Cl)cc2)c(O)c1. The topological polar surface area (TPSA) is 80.7 Å². The van der Waals surface area contributed by atoms with Crippen LogP contribution in [0.1, 0.15) is 21.5 Å². The van der Waals surface area contributed by atoms with E-state index in [1.54, 1.807) is 42.5 Å². The highest BCUT2D eigenvalue weighted by atomic mass is 79.9. The van der Waals surface area contributed by atoms with Gasteiger partial charge in [0.2, 0.25) is 5.78 Å². The number of aromatic hydroxyl groups is 1. The van der Waals surface area contributed by atoms with Gasteiger partial charge in [0.05, 0.1) is 12.9 Å². The zero-order valence-corrected chi connectivity index (χ0v) is 19.5. The molecule has 31 heavy (non-hydrogen) atoms. The van der Waals surface area contributed by atoms with Crippen molar-refractivity contribution in [1.82, 2.24) is 0 Å². The van der Waals surface area contributed by atoms with Crippen molar-refractivity contribution in [3.8, 4) is 11.5 Å². The Balaban J connectivity index is 2.10. The minimum Gasteiger partial charge on any atom is -0.507 e. The molecule has 0 aliphatic heterocycles. The Bertz CT molecular complexity index is 1230. The highest BCUT2D eigenvalue weighted by molar-refractivity contribution is 9.10. The summed E-state index contributed by atoms with van der Waals surface area (Å²) in [5, 5.41) is 10.8. The lowest BCUT2D eigenvalue weighted by Crippen LogP contribution is -2.16. The first-order valence-electron chi connectivity index (χ1n) is 9.06. The van der Waals surface area contributed by atoms with Crippen LogP contribution in [0.15, 0.2) is 76.1 Å². The average Bonchev–Trinajstić information content (AvgIpc) is 2.74. The van der Waals surface area contributed by atoms with E-state index < -0.39 is 26.3 Å². The standard InChI is InChI=1S/C23H18BrClO5S/c1-30-20-11-6-17(21(26)13-20)12-22(23(27)16-4-7-18(24)8-5-16)31(28,29)14-15-2-9-19(25)10-3-15/h2-13,26H,14H2,1H3/b22-12+. The molecule has 3 rings (SSSR count). The van der Waals surface area contributed by atoms with Gasteiger partial charge in [-0.1, -0.05) is 39.7 Å². The van der Waals surface area contributed by atoms with Gasteiger partial charge >= 0.3 is 0 Å². The van der Waals surface area contributed by atoms with Crippen molar-refractivity contribution in [2.45, 2.75) is 5.75 Å². The lowest BCUT2D eigenvalue weighted by molar-refractivity contribution is 0.104. The number of allylic oxidation sites excluding steroid dienone is 1. The van der Waals surface area contributed by atoms with Gasteiger partial charge in [0.25, 0.3) is 0 Å². The second kappa shape index (κ2) is 9.68. The molecule has 8 heteroatoms. The van der Waals surface area contributed by atoms with E-state index in [0.717, 1.165) is 4.47 Å². The average molecular weight is 522 g/mol. The maximum atomic E-state index is 13.3. The number of halogens is 2. The lowest BCUT2D eigenvalue weighted by Gasteiger charge is -2.11. The molecule has 3 aromatic rings. The van der Waals surface area contributed by atoms with Crippen molar-refractivity contribution in [1.29, 1.82) is 0 Å². The molecule has 5 nitrogen and oxygen atoms in total. The Morgan fingerprint density at radius 1 is 1.06 bits per heavy atom. The number of hydrogen-bond donors (Lipinski definition) is 1. The fraction of sp³-hybridized carbons (Fsp3) is 0.0870. The van der Waals surface area contributed by atoms with Crippen molar-refractivity contribution < 1.29 is 23.1 Å². The minimum absolute atomic E-state index is 0.181. The van der Waals surface area contributed by atoms with Crippen LogP contribution in [0.2, 0.25) is 5.02 Å². The molecule has 0 bridgehead atoms. The Labute approximate surface area is 194 Å². The molecule has 0 heterocycles. The lowest BCUT2D eigenvalue weighted by atomic mass is 10.1. The van der Waals surface area contributed by atoms with Crippen LogP contribution in [0.4, 0.5) is 0 Å². The van der Waals surface area contributed by atoms with Gasteiger partial charge in [0.1, 0.15) is 16.4 Å². The summed E-state index contributed by atoms with van der Waals surface area (Å²) in [7, 11) is -2.61. The largest absolute Gasteiger partial charge is 0.507 e. The molecule has 0 unspecified atom stereocenters. The Kier molecular flexibility index (Phi) is 7.20. The molecule has 0 saturated carbocycles. The van der Waals surface area contributed by atoms with Gasteiger partial charge < -0.3 is 9.84 Å². The number of phenolic OH excluding ortho intramolecular Hbond substituents is 1. The number of ketones is 1. The van der Waals surface area contributed by atoms with Crippen molar-refractivity contribution in [2.75, 3.05) is 7.11 Å². The summed E-state index contributed by atoms with van der Waals surface area (Å²) in [6.45, 7) is 0. The van der Waals surface area contributed by atoms with Gasteiger partial charge in [-0.15, -0.1) is 0 Å². The van der Waals surface area contributed by atoms with E-state index in [1.807, 2.05) is 0 Å². The van der Waals surface area contributed by atoms with E-state index in [1.165, 1.54) is 37.5 Å². The molecule has 160 valence electrons. The van der Waals surface area contributed by atoms with Crippen LogP contribution in [0.3, 0.4) is 0 Å². The predicted molar refractivity (Wildman–Crippen MR) is 125 cm³/mol. The van der Waals surface area contributed by atoms with E-state index >= 15 is 0 Å². The fourth-order valence-corrected chi connectivity index (χ4v) is 4.72. The molecule has 0 saturated heterocycles. The van der Waals surface area contributed by atoms with Gasteiger partial charge in [-0.25, -0.2) is 8.42 Å². The molecule has 0 fully saturated rings. The zero-order valence-electron chi connectivity index (χ0n) is 16.4. The molecule has 0 aliphatic rings. The predicted octanol–water partition coefficient (Wildman–Crippen LogP) is 5.66. The molecule has 0 atom stereocenters. The Hall–Kier alpha value is -2.61. The molecule has 0 aliphatic carbocycles. The fourth-order valence-electron chi connectivity index (χ4n) is 2.83. The second-order valence-electron chi connectivity index (χ2n) is 6.65. The third kappa shape index (κ3) is 5.76. The first-order valence-corrected chi connectivity index (χ1v) is 11.9. The summed E-state index contributed by atoms with van der Waals surface area (Å²) in [4.78, 5) is 12.8. The van der Waals surface area contributed by atoms with Crippen molar-refractivity contribution in [3.05, 3.63) is 97.8 Å². The number of sulfone groups is 1. The van der Waals surface area contributed by atoms with E-state index in [0.29, 0.717) is 16.3 Å². The maximum absolute atomic E-state index is 13.3. The van der Waals surface area contributed by atoms with E-state index in [2.05, 4.69) is 15.9 Å². The van der Waals surface area contributed by atoms with Crippen molar-refractivity contribution >= 4 is 49.2 Å². The van der Waals surface area contributed by atoms with Gasteiger partial charge in [-0.05, 0) is 60.2 Å². The third-order valence-corrected chi connectivity index (χ3v) is 6.93. The molecule has 0 aromatic heterocycles. The number of methoxy groups -OCH3 is 1. The number of phenols is 1. The number of Topliss-reactive ketones (excluding diaryl/α,β-unsaturated/α-hetero) is 1. The van der Waals surface area contributed by atoms with E-state index in [9.17, 15) is 18.3 Å². The normalized spacial score (nSPS) is 11.9.